The first-order valence-electron chi connectivity index (χ1n) is 6.91. The van der Waals surface area contributed by atoms with Crippen LogP contribution in [0.25, 0.3) is 5.78 Å². The van der Waals surface area contributed by atoms with Gasteiger partial charge in [-0.1, -0.05) is 30.8 Å². The van der Waals surface area contributed by atoms with E-state index in [1.807, 2.05) is 44.2 Å². The number of fused-ring (bicyclic) bond motifs is 1. The van der Waals surface area contributed by atoms with Crippen LogP contribution in [0.5, 0.6) is 0 Å². The maximum absolute atomic E-state index is 11.7. The van der Waals surface area contributed by atoms with Gasteiger partial charge in [0, 0.05) is 17.0 Å². The average Bonchev–Trinajstić information content (AvgIpc) is 2.97. The Morgan fingerprint density at radius 2 is 2.18 bits per heavy atom. The van der Waals surface area contributed by atoms with Gasteiger partial charge in [-0.3, -0.25) is 4.79 Å². The highest BCUT2D eigenvalue weighted by Gasteiger charge is 2.11. The molecule has 6 nitrogen and oxygen atoms in total. The largest absolute Gasteiger partial charge is 0.325 e. The minimum atomic E-state index is -0.00939. The van der Waals surface area contributed by atoms with E-state index in [-0.39, 0.29) is 5.91 Å². The summed E-state index contributed by atoms with van der Waals surface area (Å²) in [5.41, 5.74) is 1.67. The Labute approximate surface area is 132 Å². The van der Waals surface area contributed by atoms with Crippen molar-refractivity contribution in [2.24, 2.45) is 0 Å². The summed E-state index contributed by atoms with van der Waals surface area (Å²) >= 11 is 1.52. The van der Waals surface area contributed by atoms with Gasteiger partial charge < -0.3 is 5.32 Å². The topological polar surface area (TPSA) is 72.2 Å². The Morgan fingerprint density at radius 3 is 3.00 bits per heavy atom. The number of aryl methyl sites for hydroxylation is 1. The molecule has 3 aromatic rings. The number of nitrogens with one attached hydrogen (secondary N) is 1. The second-order valence-electron chi connectivity index (χ2n) is 4.71. The van der Waals surface area contributed by atoms with Crippen LogP contribution in [0.3, 0.4) is 0 Å². The zero-order valence-corrected chi connectivity index (χ0v) is 13.1. The van der Waals surface area contributed by atoms with E-state index in [1.165, 1.54) is 18.1 Å². The number of nitrogens with zero attached hydrogens (tertiary/aromatic N) is 4. The highest BCUT2D eigenvalue weighted by atomic mass is 32.2. The van der Waals surface area contributed by atoms with E-state index < -0.39 is 0 Å². The predicted molar refractivity (Wildman–Crippen MR) is 85.0 cm³/mol. The van der Waals surface area contributed by atoms with Crippen LogP contribution in [-0.4, -0.2) is 25.5 Å². The Morgan fingerprint density at radius 1 is 1.36 bits per heavy atom. The third kappa shape index (κ3) is 2.94. The van der Waals surface area contributed by atoms with E-state index in [1.54, 1.807) is 4.52 Å². The number of carbonyl (C=O) groups excluding carboxylic acids is 1. The zero-order chi connectivity index (χ0) is 15.5. The van der Waals surface area contributed by atoms with E-state index in [0.29, 0.717) is 12.2 Å². The molecule has 0 saturated heterocycles. The highest BCUT2D eigenvalue weighted by Crippen LogP contribution is 2.33. The van der Waals surface area contributed by atoms with Crippen LogP contribution < -0.4 is 5.32 Å². The predicted octanol–water partition coefficient (Wildman–Crippen LogP) is 2.93. The van der Waals surface area contributed by atoms with Crippen molar-refractivity contribution in [3.05, 3.63) is 42.4 Å². The van der Waals surface area contributed by atoms with E-state index in [4.69, 9.17) is 0 Å². The van der Waals surface area contributed by atoms with Crippen LogP contribution in [0.1, 0.15) is 19.0 Å². The van der Waals surface area contributed by atoms with Crippen molar-refractivity contribution in [2.75, 3.05) is 5.32 Å². The lowest BCUT2D eigenvalue weighted by atomic mass is 10.3. The van der Waals surface area contributed by atoms with Crippen molar-refractivity contribution in [2.45, 2.75) is 30.2 Å². The molecule has 1 amide bonds. The molecule has 2 aromatic heterocycles. The van der Waals surface area contributed by atoms with Gasteiger partial charge in [-0.25, -0.2) is 4.98 Å². The molecule has 1 N–H and O–H groups in total. The van der Waals surface area contributed by atoms with Gasteiger partial charge in [0.05, 0.1) is 5.69 Å². The van der Waals surface area contributed by atoms with Crippen molar-refractivity contribution in [3.63, 3.8) is 0 Å². The van der Waals surface area contributed by atoms with E-state index >= 15 is 0 Å². The summed E-state index contributed by atoms with van der Waals surface area (Å²) in [6, 6.07) is 9.65. The molecule has 0 atom stereocenters. The average molecular weight is 313 g/mol. The number of benzene rings is 1. The van der Waals surface area contributed by atoms with Gasteiger partial charge >= 0.3 is 0 Å². The number of anilines is 1. The maximum Gasteiger partial charge on any atom is 0.253 e. The smallest absolute Gasteiger partial charge is 0.253 e. The Kier molecular flexibility index (Phi) is 4.06. The molecule has 7 heteroatoms. The lowest BCUT2D eigenvalue weighted by Crippen LogP contribution is -2.10. The Hall–Kier alpha value is -2.41. The monoisotopic (exact) mass is 313 g/mol. The number of aromatic nitrogens is 4. The van der Waals surface area contributed by atoms with Gasteiger partial charge in [0.2, 0.25) is 5.91 Å². The molecule has 112 valence electrons. The quantitative estimate of drug-likeness (QED) is 0.750. The first-order chi connectivity index (χ1) is 10.7. The maximum atomic E-state index is 11.7. The molecule has 3 rings (SSSR count). The fourth-order valence-electron chi connectivity index (χ4n) is 1.98. The van der Waals surface area contributed by atoms with Gasteiger partial charge in [-0.05, 0) is 25.1 Å². The van der Waals surface area contributed by atoms with Crippen LogP contribution >= 0.6 is 11.8 Å². The zero-order valence-electron chi connectivity index (χ0n) is 12.3. The number of para-hydroxylation sites is 1. The minimum absolute atomic E-state index is 0.00939. The van der Waals surface area contributed by atoms with Gasteiger partial charge in [0.25, 0.3) is 5.78 Å². The highest BCUT2D eigenvalue weighted by molar-refractivity contribution is 7.99. The van der Waals surface area contributed by atoms with Crippen molar-refractivity contribution in [1.29, 1.82) is 0 Å². The second-order valence-corrected chi connectivity index (χ2v) is 5.77. The van der Waals surface area contributed by atoms with E-state index in [9.17, 15) is 4.79 Å². The summed E-state index contributed by atoms with van der Waals surface area (Å²) in [7, 11) is 0. The molecule has 22 heavy (non-hydrogen) atoms. The van der Waals surface area contributed by atoms with Crippen molar-refractivity contribution >= 4 is 29.1 Å². The number of carbonyl (C=O) groups is 1. The lowest BCUT2D eigenvalue weighted by molar-refractivity contribution is -0.115. The van der Waals surface area contributed by atoms with Crippen LogP contribution in [0.2, 0.25) is 0 Å². The second kappa shape index (κ2) is 6.15. The third-order valence-electron chi connectivity index (χ3n) is 3.04. The van der Waals surface area contributed by atoms with Crippen LogP contribution in [-0.2, 0) is 4.79 Å². The normalized spacial score (nSPS) is 10.8. The standard InChI is InChI=1S/C15H15N5OS/c1-3-13(21)19-11-6-4-5-7-12(11)22-14-8-10(2)18-15-16-9-17-20(14)15/h4-9H,3H2,1-2H3,(H,19,21). The molecular weight excluding hydrogens is 298 g/mol. The molecule has 0 saturated carbocycles. The van der Waals surface area contributed by atoms with E-state index in [2.05, 4.69) is 20.4 Å². The van der Waals surface area contributed by atoms with E-state index in [0.717, 1.165) is 21.3 Å². The van der Waals surface area contributed by atoms with Crippen LogP contribution in [0.4, 0.5) is 5.69 Å². The fraction of sp³-hybridized carbons (Fsp3) is 0.200. The minimum Gasteiger partial charge on any atom is -0.325 e. The molecule has 2 heterocycles. The summed E-state index contributed by atoms with van der Waals surface area (Å²) < 4.78 is 1.69. The van der Waals surface area contributed by atoms with Crippen LogP contribution in [0.15, 0.2) is 46.6 Å². The molecule has 0 aliphatic carbocycles. The molecular formula is C15H15N5OS. The summed E-state index contributed by atoms with van der Waals surface area (Å²) in [4.78, 5) is 21.1. The van der Waals surface area contributed by atoms with Gasteiger partial charge in [-0.15, -0.1) is 0 Å². The van der Waals surface area contributed by atoms with Crippen LogP contribution in [0, 0.1) is 6.92 Å². The first-order valence-corrected chi connectivity index (χ1v) is 7.73. The Balaban J connectivity index is 1.98. The molecule has 0 bridgehead atoms. The van der Waals surface area contributed by atoms with Crippen molar-refractivity contribution < 1.29 is 4.79 Å². The molecule has 0 radical (unpaired) electrons. The molecule has 0 aliphatic heterocycles. The molecule has 0 unspecified atom stereocenters. The fourth-order valence-corrected chi connectivity index (χ4v) is 3.03. The number of hydrogen-bond acceptors (Lipinski definition) is 5. The van der Waals surface area contributed by atoms with Crippen molar-refractivity contribution in [3.8, 4) is 0 Å². The lowest BCUT2D eigenvalue weighted by Gasteiger charge is -2.11. The molecule has 0 fully saturated rings. The van der Waals surface area contributed by atoms with Gasteiger partial charge in [0.1, 0.15) is 11.4 Å². The molecule has 1 aromatic carbocycles. The third-order valence-corrected chi connectivity index (χ3v) is 4.12. The SMILES string of the molecule is CCC(=O)Nc1ccccc1Sc1cc(C)nc2ncnn12. The summed E-state index contributed by atoms with van der Waals surface area (Å²) in [5, 5.41) is 8.01. The first kappa shape index (κ1) is 14.5. The summed E-state index contributed by atoms with van der Waals surface area (Å²) in [6.45, 7) is 3.75. The van der Waals surface area contributed by atoms with Gasteiger partial charge in [0.15, 0.2) is 0 Å². The van der Waals surface area contributed by atoms with Gasteiger partial charge in [-0.2, -0.15) is 14.6 Å². The number of rotatable bonds is 4. The Bertz CT molecular complexity index is 830. The molecule has 0 spiro atoms. The summed E-state index contributed by atoms with van der Waals surface area (Å²) in [5.74, 6) is 0.558. The van der Waals surface area contributed by atoms with Crippen molar-refractivity contribution in [1.82, 2.24) is 19.6 Å². The molecule has 0 aliphatic rings. The summed E-state index contributed by atoms with van der Waals surface area (Å²) in [6.07, 6.45) is 1.93. The number of amides is 1. The number of hydrogen-bond donors (Lipinski definition) is 1.